The maximum Gasteiger partial charge on any atom is 0.0546 e. The van der Waals surface area contributed by atoms with Crippen LogP contribution in [0, 0.1) is 0 Å². The highest BCUT2D eigenvalue weighted by Gasteiger charge is 2.37. The molecular formula is C87H56N6. The monoisotopic (exact) mass is 1180 g/mol. The van der Waals surface area contributed by atoms with E-state index < -0.39 is 0 Å². The molecule has 0 fully saturated rings. The zero-order valence-corrected chi connectivity index (χ0v) is 51.0. The van der Waals surface area contributed by atoms with E-state index >= 15 is 0 Å². The number of fused-ring (bicyclic) bond motifs is 21. The topological polar surface area (TPSA) is 51.3 Å². The summed E-state index contributed by atoms with van der Waals surface area (Å²) in [5.74, 6) is 0. The third-order valence-electron chi connectivity index (χ3n) is 21.0. The summed E-state index contributed by atoms with van der Waals surface area (Å²) in [6, 6.07) is 109. The number of nitrogens with one attached hydrogen (secondary N) is 2. The van der Waals surface area contributed by atoms with E-state index in [9.17, 15) is 0 Å². The summed E-state index contributed by atoms with van der Waals surface area (Å²) in [5, 5.41) is 14.7. The number of nitrogens with zero attached hydrogens (tertiary/aromatic N) is 4. The standard InChI is InChI=1S/C87H56N6/c1-87(2)73-43-51(67-47-55(92-81-31-15-7-23-63(81)64-24-8-16-32-82(64)92)49-71-69-45-53(37-41-75(69)88-85(67)71)90-77-27-11-3-19-59(77)60-20-4-12-28-78(60)90)35-39-57(73)58-40-36-52(44-74(58)87)68-48-56(93-83-33-17-9-25-65(83)66-26-10-18-34-84(66)93)50-72-70-46-54(38-42-76(70)89-86(68)72)91-79-29-13-5-21-61(79)62-22-6-14-30-80(62)91/h3-50,88-89H,1-2H3. The quantitative estimate of drug-likeness (QED) is 0.167. The number of rotatable bonds is 6. The highest BCUT2D eigenvalue weighted by atomic mass is 15.0. The lowest BCUT2D eigenvalue weighted by Crippen LogP contribution is -2.15. The summed E-state index contributed by atoms with van der Waals surface area (Å²) in [4.78, 5) is 8.06. The normalized spacial score (nSPS) is 13.1. The van der Waals surface area contributed by atoms with Crippen LogP contribution in [0.15, 0.2) is 291 Å². The van der Waals surface area contributed by atoms with Gasteiger partial charge < -0.3 is 28.2 Å². The number of hydrogen-bond acceptors (Lipinski definition) is 0. The first-order chi connectivity index (χ1) is 45.9. The minimum atomic E-state index is -0.348. The Labute approximate surface area is 533 Å². The van der Waals surface area contributed by atoms with E-state index in [0.717, 1.165) is 44.8 Å². The SMILES string of the molecule is CC1(C)c2cc(-c3cc(-n4c5ccccc5c5ccccc54)cc4c3[nH]c3ccc(-n5c6ccccc6c6ccccc65)cc34)ccc2-c2ccc(-c3cc(-n4c5ccccc5c5ccccc54)cc4c3[nH]c3ccc(-n5c6ccccc6c6ccccc65)cc34)cc21. The number of aromatic nitrogens is 6. The van der Waals surface area contributed by atoms with Crippen molar-refractivity contribution in [2.24, 2.45) is 0 Å². The Morgan fingerprint density at radius 2 is 0.495 bits per heavy atom. The van der Waals surface area contributed by atoms with Gasteiger partial charge in [0.2, 0.25) is 0 Å². The van der Waals surface area contributed by atoms with E-state index in [-0.39, 0.29) is 5.41 Å². The molecule has 1 aliphatic rings. The zero-order valence-electron chi connectivity index (χ0n) is 51.0. The lowest BCUT2D eigenvalue weighted by Gasteiger charge is -2.23. The summed E-state index contributed by atoms with van der Waals surface area (Å²) in [6.45, 7) is 4.86. The van der Waals surface area contributed by atoms with Crippen LogP contribution in [0.25, 0.3) is 187 Å². The van der Waals surface area contributed by atoms with Crippen molar-refractivity contribution in [3.8, 4) is 56.1 Å². The van der Waals surface area contributed by atoms with Gasteiger partial charge in [-0.05, 0) is 155 Å². The number of benzene rings is 14. The van der Waals surface area contributed by atoms with Crippen LogP contribution in [0.2, 0.25) is 0 Å². The maximum absolute atomic E-state index is 4.03. The Morgan fingerprint density at radius 1 is 0.226 bits per heavy atom. The van der Waals surface area contributed by atoms with E-state index in [1.165, 1.54) is 153 Å². The van der Waals surface area contributed by atoms with E-state index in [4.69, 9.17) is 0 Å². The molecule has 0 amide bonds. The molecule has 6 heterocycles. The van der Waals surface area contributed by atoms with Crippen LogP contribution in [0.4, 0.5) is 0 Å². The van der Waals surface area contributed by atoms with Crippen molar-refractivity contribution in [2.75, 3.05) is 0 Å². The largest absolute Gasteiger partial charge is 0.354 e. The molecule has 0 spiro atoms. The number of para-hydroxylation sites is 8. The minimum Gasteiger partial charge on any atom is -0.354 e. The second-order valence-corrected chi connectivity index (χ2v) is 26.2. The molecule has 434 valence electrons. The summed E-state index contributed by atoms with van der Waals surface area (Å²) in [7, 11) is 0. The van der Waals surface area contributed by atoms with Gasteiger partial charge in [0.05, 0.1) is 55.2 Å². The molecule has 0 saturated carbocycles. The highest BCUT2D eigenvalue weighted by molar-refractivity contribution is 6.18. The van der Waals surface area contributed by atoms with Gasteiger partial charge in [0.15, 0.2) is 0 Å². The third kappa shape index (κ3) is 6.96. The van der Waals surface area contributed by atoms with Crippen molar-refractivity contribution in [1.82, 2.24) is 28.2 Å². The molecule has 0 atom stereocenters. The van der Waals surface area contributed by atoms with Crippen molar-refractivity contribution in [2.45, 2.75) is 19.3 Å². The first kappa shape index (κ1) is 50.7. The zero-order chi connectivity index (χ0) is 60.9. The van der Waals surface area contributed by atoms with Gasteiger partial charge in [-0.25, -0.2) is 0 Å². The Bertz CT molecular complexity index is 6050. The van der Waals surface area contributed by atoms with Gasteiger partial charge >= 0.3 is 0 Å². The molecular weight excluding hydrogens is 1130 g/mol. The predicted molar refractivity (Wildman–Crippen MR) is 391 cm³/mol. The van der Waals surface area contributed by atoms with Crippen molar-refractivity contribution < 1.29 is 0 Å². The van der Waals surface area contributed by atoms with Crippen LogP contribution in [0.5, 0.6) is 0 Å². The number of H-pyrrole nitrogens is 2. The molecule has 6 aromatic heterocycles. The lowest BCUT2D eigenvalue weighted by molar-refractivity contribution is 0.661. The van der Waals surface area contributed by atoms with Crippen molar-refractivity contribution in [3.63, 3.8) is 0 Å². The average molecular weight is 1190 g/mol. The maximum atomic E-state index is 4.03. The van der Waals surface area contributed by atoms with Gasteiger partial charge in [-0.2, -0.15) is 0 Å². The van der Waals surface area contributed by atoms with Crippen LogP contribution < -0.4 is 0 Å². The van der Waals surface area contributed by atoms with Gasteiger partial charge in [0.1, 0.15) is 0 Å². The van der Waals surface area contributed by atoms with Gasteiger partial charge in [0, 0.05) is 115 Å². The fraction of sp³-hybridized carbons (Fsp3) is 0.0345. The Hall–Kier alpha value is -12.1. The fourth-order valence-corrected chi connectivity index (χ4v) is 16.8. The summed E-state index contributed by atoms with van der Waals surface area (Å²) >= 11 is 0. The molecule has 21 rings (SSSR count). The smallest absolute Gasteiger partial charge is 0.0546 e. The molecule has 14 aromatic carbocycles. The molecule has 0 radical (unpaired) electrons. The third-order valence-corrected chi connectivity index (χ3v) is 21.0. The molecule has 0 bridgehead atoms. The fourth-order valence-electron chi connectivity index (χ4n) is 16.8. The molecule has 93 heavy (non-hydrogen) atoms. The van der Waals surface area contributed by atoms with Crippen molar-refractivity contribution >= 4 is 131 Å². The molecule has 0 saturated heterocycles. The van der Waals surface area contributed by atoms with Gasteiger partial charge in [-0.1, -0.05) is 184 Å². The van der Waals surface area contributed by atoms with Crippen LogP contribution in [-0.2, 0) is 5.41 Å². The van der Waals surface area contributed by atoms with Gasteiger partial charge in [-0.3, -0.25) is 0 Å². The lowest BCUT2D eigenvalue weighted by atomic mass is 9.80. The molecule has 0 aliphatic heterocycles. The van der Waals surface area contributed by atoms with Crippen LogP contribution >= 0.6 is 0 Å². The van der Waals surface area contributed by atoms with Gasteiger partial charge in [-0.15, -0.1) is 0 Å². The Balaban J connectivity index is 0.752. The first-order valence-electron chi connectivity index (χ1n) is 32.3. The number of hydrogen-bond donors (Lipinski definition) is 2. The van der Waals surface area contributed by atoms with Gasteiger partial charge in [0.25, 0.3) is 0 Å². The van der Waals surface area contributed by atoms with E-state index in [1.54, 1.807) is 0 Å². The second kappa shape index (κ2) is 18.5. The minimum absolute atomic E-state index is 0.348. The van der Waals surface area contributed by atoms with Crippen LogP contribution in [0.3, 0.4) is 0 Å². The average Bonchev–Trinajstić information content (AvgIpc) is 1.57. The molecule has 0 unspecified atom stereocenters. The van der Waals surface area contributed by atoms with E-state index in [1.807, 2.05) is 0 Å². The van der Waals surface area contributed by atoms with Crippen LogP contribution in [-0.4, -0.2) is 28.2 Å². The predicted octanol–water partition coefficient (Wildman–Crippen LogP) is 23.0. The molecule has 1 aliphatic carbocycles. The molecule has 6 heteroatoms. The Kier molecular flexibility index (Phi) is 10.1. The van der Waals surface area contributed by atoms with E-state index in [0.29, 0.717) is 0 Å². The first-order valence-corrected chi connectivity index (χ1v) is 32.3. The summed E-state index contributed by atoms with van der Waals surface area (Å²) < 4.78 is 9.81. The molecule has 20 aromatic rings. The molecule has 6 nitrogen and oxygen atoms in total. The highest BCUT2D eigenvalue weighted by Crippen LogP contribution is 2.53. The molecule has 2 N–H and O–H groups in total. The van der Waals surface area contributed by atoms with E-state index in [2.05, 4.69) is 333 Å². The van der Waals surface area contributed by atoms with Crippen LogP contribution in [0.1, 0.15) is 25.0 Å². The number of aromatic amines is 2. The summed E-state index contributed by atoms with van der Waals surface area (Å²) in [6.07, 6.45) is 0. The van der Waals surface area contributed by atoms with Crippen molar-refractivity contribution in [1.29, 1.82) is 0 Å². The summed E-state index contributed by atoms with van der Waals surface area (Å²) in [5.41, 5.74) is 28.0. The second-order valence-electron chi connectivity index (χ2n) is 26.2. The van der Waals surface area contributed by atoms with Crippen molar-refractivity contribution in [3.05, 3.63) is 302 Å². The Morgan fingerprint density at radius 3 is 0.796 bits per heavy atom.